The van der Waals surface area contributed by atoms with Crippen LogP contribution in [-0.4, -0.2) is 27.5 Å². The number of nitrogens with two attached hydrogens (primary N) is 1. The van der Waals surface area contributed by atoms with Crippen molar-refractivity contribution in [1.29, 1.82) is 0 Å². The van der Waals surface area contributed by atoms with E-state index in [-0.39, 0.29) is 29.6 Å². The van der Waals surface area contributed by atoms with Crippen molar-refractivity contribution in [2.45, 2.75) is 84.8 Å². The Morgan fingerprint density at radius 2 is 1.79 bits per heavy atom. The molecule has 2 amide bonds. The van der Waals surface area contributed by atoms with Gasteiger partial charge >= 0.3 is 0 Å². The van der Waals surface area contributed by atoms with Gasteiger partial charge in [-0.25, -0.2) is 0 Å². The molecule has 6 nitrogen and oxygen atoms in total. The maximum Gasteiger partial charge on any atom is 0.258 e. The molecule has 1 atom stereocenters. The molecule has 218 valence electrons. The van der Waals surface area contributed by atoms with E-state index in [0.717, 1.165) is 74.9 Å². The van der Waals surface area contributed by atoms with Gasteiger partial charge in [-0.15, -0.1) is 0 Å². The Labute approximate surface area is 247 Å². The van der Waals surface area contributed by atoms with Gasteiger partial charge in [0.1, 0.15) is 0 Å². The highest BCUT2D eigenvalue weighted by Gasteiger charge is 2.34. The zero-order chi connectivity index (χ0) is 30.1. The van der Waals surface area contributed by atoms with E-state index in [0.29, 0.717) is 6.54 Å². The predicted molar refractivity (Wildman–Crippen MR) is 169 cm³/mol. The first-order valence-corrected chi connectivity index (χ1v) is 14.9. The van der Waals surface area contributed by atoms with Crippen LogP contribution in [0.3, 0.4) is 0 Å². The van der Waals surface area contributed by atoms with Gasteiger partial charge in [-0.3, -0.25) is 9.59 Å². The standard InChI is InChI=1S/C36H41N3O3/c1-20-25(8-7-9-30(20)39-19-22-16-23(35(2,3)4)11-14-26(22)34(39)41)27-13-10-21(17-31(37)40)33-32(27)28-15-12-24(36(5,6)42)18-29(28)38-33/h7-11,13-14,16,24,38,42H,12,15,17-19H2,1-6H3,(H2,37,40). The fourth-order valence-corrected chi connectivity index (χ4v) is 6.95. The Morgan fingerprint density at radius 3 is 2.48 bits per heavy atom. The largest absolute Gasteiger partial charge is 0.390 e. The average molecular weight is 564 g/mol. The lowest BCUT2D eigenvalue weighted by Crippen LogP contribution is -2.34. The lowest BCUT2D eigenvalue weighted by Gasteiger charge is -2.32. The number of aromatic amines is 1. The van der Waals surface area contributed by atoms with E-state index in [1.54, 1.807) is 0 Å². The van der Waals surface area contributed by atoms with Crippen molar-refractivity contribution in [3.8, 4) is 11.1 Å². The van der Waals surface area contributed by atoms with Gasteiger partial charge in [0.15, 0.2) is 0 Å². The number of nitrogens with zero attached hydrogens (tertiary/aromatic N) is 1. The van der Waals surface area contributed by atoms with Crippen molar-refractivity contribution in [2.24, 2.45) is 11.7 Å². The van der Waals surface area contributed by atoms with Crippen LogP contribution >= 0.6 is 0 Å². The summed E-state index contributed by atoms with van der Waals surface area (Å²) in [6, 6.07) is 16.5. The molecular formula is C36H41N3O3. The number of primary amides is 1. The molecule has 6 rings (SSSR count). The lowest BCUT2D eigenvalue weighted by molar-refractivity contribution is -0.117. The lowest BCUT2D eigenvalue weighted by atomic mass is 9.77. The molecule has 4 aromatic rings. The highest BCUT2D eigenvalue weighted by molar-refractivity contribution is 6.11. The number of benzene rings is 3. The van der Waals surface area contributed by atoms with Gasteiger partial charge in [-0.2, -0.15) is 0 Å². The molecule has 0 radical (unpaired) electrons. The molecule has 0 saturated carbocycles. The van der Waals surface area contributed by atoms with Gasteiger partial charge in [0, 0.05) is 22.3 Å². The minimum absolute atomic E-state index is 0.00995. The molecule has 0 bridgehead atoms. The summed E-state index contributed by atoms with van der Waals surface area (Å²) in [7, 11) is 0. The van der Waals surface area contributed by atoms with Crippen LogP contribution in [0, 0.1) is 12.8 Å². The summed E-state index contributed by atoms with van der Waals surface area (Å²) in [4.78, 5) is 31.2. The van der Waals surface area contributed by atoms with Crippen LogP contribution in [0.25, 0.3) is 22.0 Å². The van der Waals surface area contributed by atoms with Crippen LogP contribution in [0.5, 0.6) is 0 Å². The summed E-state index contributed by atoms with van der Waals surface area (Å²) in [6.07, 6.45) is 2.63. The monoisotopic (exact) mass is 563 g/mol. The van der Waals surface area contributed by atoms with E-state index in [4.69, 9.17) is 5.73 Å². The van der Waals surface area contributed by atoms with Crippen molar-refractivity contribution in [3.63, 3.8) is 0 Å². The van der Waals surface area contributed by atoms with E-state index in [1.807, 2.05) is 43.0 Å². The number of aryl methyl sites for hydroxylation is 1. The molecule has 6 heteroatoms. The summed E-state index contributed by atoms with van der Waals surface area (Å²) < 4.78 is 0. The number of rotatable bonds is 5. The summed E-state index contributed by atoms with van der Waals surface area (Å²) in [5, 5.41) is 11.9. The molecule has 0 fully saturated rings. The van der Waals surface area contributed by atoms with E-state index in [2.05, 4.69) is 56.9 Å². The summed E-state index contributed by atoms with van der Waals surface area (Å²) in [5.41, 5.74) is 16.2. The Bertz CT molecular complexity index is 1750. The third-order valence-corrected chi connectivity index (χ3v) is 9.45. The van der Waals surface area contributed by atoms with Crippen LogP contribution in [0.1, 0.15) is 84.9 Å². The fraction of sp³-hybridized carbons (Fsp3) is 0.389. The number of aliphatic hydroxyl groups is 1. The highest BCUT2D eigenvalue weighted by atomic mass is 16.3. The number of nitrogens with one attached hydrogen (secondary N) is 1. The number of fused-ring (bicyclic) bond motifs is 4. The van der Waals surface area contributed by atoms with Gasteiger partial charge in [0.2, 0.25) is 5.91 Å². The number of hydrogen-bond donors (Lipinski definition) is 3. The van der Waals surface area contributed by atoms with Crippen molar-refractivity contribution in [2.75, 3.05) is 4.90 Å². The number of amides is 2. The van der Waals surface area contributed by atoms with Crippen LogP contribution in [0.2, 0.25) is 0 Å². The molecule has 42 heavy (non-hydrogen) atoms. The highest BCUT2D eigenvalue weighted by Crippen LogP contribution is 2.43. The number of carbonyl (C=O) groups excluding carboxylic acids is 2. The molecule has 0 saturated heterocycles. The number of hydrogen-bond acceptors (Lipinski definition) is 3. The van der Waals surface area contributed by atoms with Crippen molar-refractivity contribution >= 4 is 28.4 Å². The molecule has 1 aliphatic heterocycles. The fourth-order valence-electron chi connectivity index (χ4n) is 6.95. The number of aromatic nitrogens is 1. The van der Waals surface area contributed by atoms with Gasteiger partial charge < -0.3 is 20.7 Å². The second-order valence-corrected chi connectivity index (χ2v) is 13.8. The smallest absolute Gasteiger partial charge is 0.258 e. The van der Waals surface area contributed by atoms with Gasteiger partial charge in [-0.1, -0.05) is 57.2 Å². The number of anilines is 1. The zero-order valence-corrected chi connectivity index (χ0v) is 25.5. The molecular weight excluding hydrogens is 522 g/mol. The summed E-state index contributed by atoms with van der Waals surface area (Å²) >= 11 is 0. The van der Waals surface area contributed by atoms with E-state index in [1.165, 1.54) is 11.1 Å². The first-order chi connectivity index (χ1) is 19.7. The molecule has 2 heterocycles. The predicted octanol–water partition coefficient (Wildman–Crippen LogP) is 6.50. The van der Waals surface area contributed by atoms with Crippen LogP contribution in [-0.2, 0) is 36.0 Å². The third-order valence-electron chi connectivity index (χ3n) is 9.45. The maximum atomic E-state index is 13.6. The Morgan fingerprint density at radius 1 is 1.05 bits per heavy atom. The van der Waals surface area contributed by atoms with Gasteiger partial charge in [0.05, 0.1) is 24.1 Å². The molecule has 1 aliphatic carbocycles. The zero-order valence-electron chi connectivity index (χ0n) is 25.5. The van der Waals surface area contributed by atoms with Crippen LogP contribution < -0.4 is 10.6 Å². The maximum absolute atomic E-state index is 13.6. The third kappa shape index (κ3) is 4.72. The second-order valence-electron chi connectivity index (χ2n) is 13.8. The minimum atomic E-state index is -0.772. The van der Waals surface area contributed by atoms with E-state index < -0.39 is 5.60 Å². The summed E-state index contributed by atoms with van der Waals surface area (Å²) in [6.45, 7) is 13.0. The number of H-pyrrole nitrogens is 1. The van der Waals surface area contributed by atoms with E-state index in [9.17, 15) is 14.7 Å². The average Bonchev–Trinajstić information content (AvgIpc) is 3.46. The molecule has 3 aromatic carbocycles. The molecule has 1 aromatic heterocycles. The first kappa shape index (κ1) is 28.2. The number of carbonyl (C=O) groups is 2. The van der Waals surface area contributed by atoms with Crippen LogP contribution in [0.4, 0.5) is 5.69 Å². The molecule has 4 N–H and O–H groups in total. The second kappa shape index (κ2) is 9.84. The van der Waals surface area contributed by atoms with Crippen molar-refractivity contribution in [3.05, 3.63) is 87.6 Å². The Balaban J connectivity index is 1.46. The van der Waals surface area contributed by atoms with E-state index >= 15 is 0 Å². The molecule has 2 aliphatic rings. The van der Waals surface area contributed by atoms with Crippen molar-refractivity contribution in [1.82, 2.24) is 4.98 Å². The van der Waals surface area contributed by atoms with Crippen LogP contribution in [0.15, 0.2) is 48.5 Å². The molecule has 0 spiro atoms. The van der Waals surface area contributed by atoms with Gasteiger partial charge in [0.25, 0.3) is 5.91 Å². The first-order valence-electron chi connectivity index (χ1n) is 14.9. The quantitative estimate of drug-likeness (QED) is 0.258. The van der Waals surface area contributed by atoms with Gasteiger partial charge in [-0.05, 0) is 102 Å². The minimum Gasteiger partial charge on any atom is -0.390 e. The Kier molecular flexibility index (Phi) is 6.61. The van der Waals surface area contributed by atoms with Crippen molar-refractivity contribution < 1.29 is 14.7 Å². The molecule has 1 unspecified atom stereocenters. The Hall–Kier alpha value is -3.90. The topological polar surface area (TPSA) is 99.4 Å². The normalized spacial score (nSPS) is 17.1. The SMILES string of the molecule is Cc1c(-c2ccc(CC(N)=O)c3[nH]c4c(c23)CCC(C(C)(C)O)C4)cccc1N1Cc2cc(C(C)(C)C)ccc2C1=O. The summed E-state index contributed by atoms with van der Waals surface area (Å²) in [5.74, 6) is -0.192.